The molecule has 0 N–H and O–H groups in total. The zero-order valence-electron chi connectivity index (χ0n) is 14.4. The second kappa shape index (κ2) is 6.07. The minimum absolute atomic E-state index is 0.951. The molecule has 0 radical (unpaired) electrons. The molecular formula is C13H26O5Si4. The maximum atomic E-state index is 6.47. The van der Waals surface area contributed by atoms with Crippen LogP contribution in [0, 0.1) is 0 Å². The normalized spacial score (nSPS) is 26.0. The first-order chi connectivity index (χ1) is 9.99. The third kappa shape index (κ3) is 4.24. The summed E-state index contributed by atoms with van der Waals surface area (Å²) in [4.78, 5) is 0. The predicted octanol–water partition coefficient (Wildman–Crippen LogP) is 2.66. The topological polar surface area (TPSA) is 46.2 Å². The lowest BCUT2D eigenvalue weighted by Crippen LogP contribution is -2.71. The van der Waals surface area contributed by atoms with Gasteiger partial charge in [0.25, 0.3) is 0 Å². The Kier molecular flexibility index (Phi) is 5.03. The highest BCUT2D eigenvalue weighted by atomic mass is 28.5. The van der Waals surface area contributed by atoms with Crippen molar-refractivity contribution in [1.29, 1.82) is 0 Å². The van der Waals surface area contributed by atoms with Crippen LogP contribution >= 0.6 is 0 Å². The minimum Gasteiger partial charge on any atom is -0.416 e. The summed E-state index contributed by atoms with van der Waals surface area (Å²) in [6.45, 7) is 12.2. The molecule has 9 heteroatoms. The summed E-state index contributed by atoms with van der Waals surface area (Å²) in [6.07, 6.45) is 0. The van der Waals surface area contributed by atoms with Gasteiger partial charge in [0.15, 0.2) is 0 Å². The van der Waals surface area contributed by atoms with Gasteiger partial charge in [0, 0.05) is 12.3 Å². The van der Waals surface area contributed by atoms with Crippen LogP contribution in [0.15, 0.2) is 30.3 Å². The second-order valence-electron chi connectivity index (χ2n) is 6.73. The zero-order chi connectivity index (χ0) is 16.6. The van der Waals surface area contributed by atoms with Crippen LogP contribution in [0.2, 0.25) is 39.3 Å². The average Bonchev–Trinajstić information content (AvgIpc) is 2.34. The van der Waals surface area contributed by atoms with Gasteiger partial charge in [-0.3, -0.25) is 0 Å². The molecule has 0 unspecified atom stereocenters. The maximum absolute atomic E-state index is 6.47. The van der Waals surface area contributed by atoms with Gasteiger partial charge in [-0.2, -0.15) is 0 Å². The van der Waals surface area contributed by atoms with E-state index < -0.39 is 34.5 Å². The molecule has 1 aliphatic rings. The van der Waals surface area contributed by atoms with Crippen molar-refractivity contribution in [3.8, 4) is 0 Å². The van der Waals surface area contributed by atoms with Crippen molar-refractivity contribution >= 4 is 39.7 Å². The Morgan fingerprint density at radius 1 is 0.682 bits per heavy atom. The molecule has 0 spiro atoms. The Labute approximate surface area is 137 Å². The molecule has 1 saturated heterocycles. The molecule has 0 atom stereocenters. The van der Waals surface area contributed by atoms with Crippen LogP contribution in [0.3, 0.4) is 0 Å². The highest BCUT2D eigenvalue weighted by molar-refractivity contribution is 6.95. The van der Waals surface area contributed by atoms with Gasteiger partial charge in [0.2, 0.25) is 0 Å². The quantitative estimate of drug-likeness (QED) is 0.745. The molecule has 1 fully saturated rings. The van der Waals surface area contributed by atoms with Gasteiger partial charge < -0.3 is 20.9 Å². The largest absolute Gasteiger partial charge is 0.519 e. The molecule has 0 amide bonds. The SMILES string of the molecule is CO[Si]1(c2ccccc2)O[Si](C)(C)O[Si](C)(C)O[Si](C)(C)O1. The van der Waals surface area contributed by atoms with E-state index >= 15 is 0 Å². The first-order valence-electron chi connectivity index (χ1n) is 7.41. The van der Waals surface area contributed by atoms with E-state index in [4.69, 9.17) is 20.9 Å². The van der Waals surface area contributed by atoms with E-state index in [1.165, 1.54) is 0 Å². The molecule has 0 aromatic heterocycles. The standard InChI is InChI=1S/C13H26O5Si4/c1-14-22(13-11-9-8-10-12-13)17-20(4,5)15-19(2,3)16-21(6,7)18-22/h8-12H,1-7H3. The van der Waals surface area contributed by atoms with Crippen LogP contribution in [0.4, 0.5) is 0 Å². The average molecular weight is 375 g/mol. The molecule has 1 aromatic rings. The first-order valence-corrected chi connectivity index (χ1v) is 17.6. The van der Waals surface area contributed by atoms with Gasteiger partial charge in [-0.05, 0) is 39.3 Å². The molecule has 1 heterocycles. The van der Waals surface area contributed by atoms with Crippen molar-refractivity contribution in [3.05, 3.63) is 30.3 Å². The van der Waals surface area contributed by atoms with Gasteiger partial charge in [-0.25, -0.2) is 0 Å². The van der Waals surface area contributed by atoms with Crippen LogP contribution in [0.1, 0.15) is 0 Å². The molecule has 1 aliphatic heterocycles. The molecule has 0 saturated carbocycles. The summed E-state index contributed by atoms with van der Waals surface area (Å²) in [5, 5.41) is 0.951. The van der Waals surface area contributed by atoms with Crippen LogP contribution in [-0.2, 0) is 20.9 Å². The molecular weight excluding hydrogens is 348 g/mol. The van der Waals surface area contributed by atoms with Gasteiger partial charge in [0.05, 0.1) is 0 Å². The summed E-state index contributed by atoms with van der Waals surface area (Å²) < 4.78 is 31.5. The summed E-state index contributed by atoms with van der Waals surface area (Å²) in [5.74, 6) is 0. The lowest BCUT2D eigenvalue weighted by molar-refractivity contribution is 0.160. The number of benzene rings is 1. The van der Waals surface area contributed by atoms with Crippen LogP contribution in [0.5, 0.6) is 0 Å². The van der Waals surface area contributed by atoms with Gasteiger partial charge in [0.1, 0.15) is 0 Å². The second-order valence-corrected chi connectivity index (χ2v) is 20.5. The van der Waals surface area contributed by atoms with Gasteiger partial charge in [-0.1, -0.05) is 30.3 Å². The van der Waals surface area contributed by atoms with E-state index in [0.29, 0.717) is 0 Å². The fourth-order valence-electron chi connectivity index (χ4n) is 2.88. The highest BCUT2D eigenvalue weighted by Gasteiger charge is 2.57. The highest BCUT2D eigenvalue weighted by Crippen LogP contribution is 2.30. The van der Waals surface area contributed by atoms with Gasteiger partial charge >= 0.3 is 34.5 Å². The van der Waals surface area contributed by atoms with Crippen molar-refractivity contribution in [2.75, 3.05) is 7.11 Å². The van der Waals surface area contributed by atoms with E-state index in [1.807, 2.05) is 69.6 Å². The summed E-state index contributed by atoms with van der Waals surface area (Å²) >= 11 is 0. The minimum atomic E-state index is -3.05. The van der Waals surface area contributed by atoms with Crippen molar-refractivity contribution in [1.82, 2.24) is 0 Å². The van der Waals surface area contributed by atoms with Gasteiger partial charge in [-0.15, -0.1) is 0 Å². The fraction of sp³-hybridized carbons (Fsp3) is 0.538. The third-order valence-corrected chi connectivity index (χ3v) is 18.7. The molecule has 124 valence electrons. The lowest BCUT2D eigenvalue weighted by Gasteiger charge is -2.47. The third-order valence-electron chi connectivity index (χ3n) is 3.14. The summed E-state index contributed by atoms with van der Waals surface area (Å²) in [7, 11) is -8.56. The van der Waals surface area contributed by atoms with Crippen molar-refractivity contribution in [2.45, 2.75) is 39.3 Å². The Hall–Kier alpha value is -0.112. The Morgan fingerprint density at radius 2 is 1.09 bits per heavy atom. The smallest absolute Gasteiger partial charge is 0.416 e. The molecule has 22 heavy (non-hydrogen) atoms. The number of hydrogen-bond acceptors (Lipinski definition) is 5. The maximum Gasteiger partial charge on any atom is 0.519 e. The van der Waals surface area contributed by atoms with Crippen LogP contribution in [-0.4, -0.2) is 41.6 Å². The summed E-state index contributed by atoms with van der Waals surface area (Å²) in [5.41, 5.74) is 0. The van der Waals surface area contributed by atoms with E-state index in [2.05, 4.69) is 0 Å². The monoisotopic (exact) mass is 374 g/mol. The predicted molar refractivity (Wildman–Crippen MR) is 95.6 cm³/mol. The van der Waals surface area contributed by atoms with E-state index in [9.17, 15) is 0 Å². The van der Waals surface area contributed by atoms with E-state index in [1.54, 1.807) is 7.11 Å². The van der Waals surface area contributed by atoms with Crippen LogP contribution < -0.4 is 5.19 Å². The Balaban J connectivity index is 2.49. The molecule has 5 nitrogen and oxygen atoms in total. The van der Waals surface area contributed by atoms with Crippen molar-refractivity contribution in [3.63, 3.8) is 0 Å². The molecule has 0 bridgehead atoms. The Morgan fingerprint density at radius 3 is 1.50 bits per heavy atom. The first kappa shape index (κ1) is 18.2. The molecule has 2 rings (SSSR count). The Bertz CT molecular complexity index is 498. The molecule has 1 aromatic carbocycles. The van der Waals surface area contributed by atoms with E-state index in [-0.39, 0.29) is 0 Å². The van der Waals surface area contributed by atoms with Crippen LogP contribution in [0.25, 0.3) is 0 Å². The number of hydrogen-bond donors (Lipinski definition) is 0. The van der Waals surface area contributed by atoms with E-state index in [0.717, 1.165) is 5.19 Å². The lowest BCUT2D eigenvalue weighted by atomic mass is 10.4. The number of rotatable bonds is 2. The molecule has 0 aliphatic carbocycles. The van der Waals surface area contributed by atoms with Crippen molar-refractivity contribution < 1.29 is 20.9 Å². The summed E-state index contributed by atoms with van der Waals surface area (Å²) in [6, 6.07) is 9.90. The van der Waals surface area contributed by atoms with Crippen molar-refractivity contribution in [2.24, 2.45) is 0 Å². The zero-order valence-corrected chi connectivity index (χ0v) is 18.4. The fourth-order valence-corrected chi connectivity index (χ4v) is 22.1.